The van der Waals surface area contributed by atoms with Crippen molar-refractivity contribution in [2.24, 2.45) is 0 Å². The van der Waals surface area contributed by atoms with Gasteiger partial charge in [-0.3, -0.25) is 0 Å². The van der Waals surface area contributed by atoms with Gasteiger partial charge in [0.05, 0.1) is 4.90 Å². The molecule has 5 nitrogen and oxygen atoms in total. The molecule has 0 spiro atoms. The molecule has 1 saturated heterocycles. The van der Waals surface area contributed by atoms with Crippen LogP contribution in [0, 0.1) is 0 Å². The molecule has 0 radical (unpaired) electrons. The molecular formula is C12H21N3O2S2. The second-order valence-corrected chi connectivity index (χ2v) is 7.91. The second-order valence-electron chi connectivity index (χ2n) is 4.97. The molecule has 1 aliphatic heterocycles. The van der Waals surface area contributed by atoms with E-state index in [0.717, 1.165) is 11.4 Å². The van der Waals surface area contributed by atoms with Crippen molar-refractivity contribution in [3.8, 4) is 0 Å². The van der Waals surface area contributed by atoms with Gasteiger partial charge in [0, 0.05) is 42.5 Å². The summed E-state index contributed by atoms with van der Waals surface area (Å²) >= 11 is 1.49. The van der Waals surface area contributed by atoms with Gasteiger partial charge in [-0.05, 0) is 27.1 Å². The van der Waals surface area contributed by atoms with Crippen LogP contribution in [-0.4, -0.2) is 57.4 Å². The quantitative estimate of drug-likeness (QED) is 0.893. The fraction of sp³-hybridized carbons (Fsp3) is 0.667. The molecule has 7 heteroatoms. The number of hydrogen-bond acceptors (Lipinski definition) is 5. The molecule has 2 heterocycles. The Morgan fingerprint density at radius 2 is 2.21 bits per heavy atom. The molecule has 19 heavy (non-hydrogen) atoms. The maximum Gasteiger partial charge on any atom is 0.244 e. The van der Waals surface area contributed by atoms with E-state index >= 15 is 0 Å². The summed E-state index contributed by atoms with van der Waals surface area (Å²) in [4.78, 5) is 3.66. The van der Waals surface area contributed by atoms with Gasteiger partial charge in [-0.2, -0.15) is 4.31 Å². The number of rotatable bonds is 4. The fourth-order valence-corrected chi connectivity index (χ4v) is 4.93. The SMILES string of the molecule is CNCc1cc(S(=O)(=O)N2CCN(C)C(C)C2)cs1. The lowest BCUT2D eigenvalue weighted by atomic mass is 10.2. The third-order valence-electron chi connectivity index (χ3n) is 3.54. The zero-order chi connectivity index (χ0) is 14.0. The molecular weight excluding hydrogens is 282 g/mol. The van der Waals surface area contributed by atoms with Crippen LogP contribution in [0.3, 0.4) is 0 Å². The molecule has 2 rings (SSSR count). The van der Waals surface area contributed by atoms with Crippen LogP contribution < -0.4 is 5.32 Å². The Balaban J connectivity index is 2.17. The summed E-state index contributed by atoms with van der Waals surface area (Å²) < 4.78 is 26.7. The summed E-state index contributed by atoms with van der Waals surface area (Å²) in [6.45, 7) is 4.69. The van der Waals surface area contributed by atoms with Gasteiger partial charge in [0.1, 0.15) is 0 Å². The van der Waals surface area contributed by atoms with E-state index in [0.29, 0.717) is 24.5 Å². The van der Waals surface area contributed by atoms with Crippen LogP contribution >= 0.6 is 11.3 Å². The molecule has 1 aromatic rings. The molecule has 0 saturated carbocycles. The molecule has 108 valence electrons. The Bertz CT molecular complexity index is 527. The maximum atomic E-state index is 12.6. The smallest absolute Gasteiger partial charge is 0.244 e. The predicted octanol–water partition coefficient (Wildman–Crippen LogP) is 0.792. The van der Waals surface area contributed by atoms with Gasteiger partial charge in [0.25, 0.3) is 0 Å². The van der Waals surface area contributed by atoms with E-state index < -0.39 is 10.0 Å². The lowest BCUT2D eigenvalue weighted by molar-refractivity contribution is 0.159. The Hall–Kier alpha value is -0.470. The molecule has 0 aromatic carbocycles. The minimum atomic E-state index is -3.33. The zero-order valence-electron chi connectivity index (χ0n) is 11.6. The molecule has 0 bridgehead atoms. The van der Waals surface area contributed by atoms with Crippen molar-refractivity contribution in [1.29, 1.82) is 0 Å². The summed E-state index contributed by atoms with van der Waals surface area (Å²) in [6.07, 6.45) is 0. The highest BCUT2D eigenvalue weighted by molar-refractivity contribution is 7.89. The van der Waals surface area contributed by atoms with Crippen molar-refractivity contribution in [2.75, 3.05) is 33.7 Å². The number of thiophene rings is 1. The number of nitrogens with zero attached hydrogens (tertiary/aromatic N) is 2. The second kappa shape index (κ2) is 5.88. The van der Waals surface area contributed by atoms with Crippen molar-refractivity contribution in [2.45, 2.75) is 24.4 Å². The lowest BCUT2D eigenvalue weighted by Crippen LogP contribution is -2.51. The molecule has 0 aliphatic carbocycles. The van der Waals surface area contributed by atoms with E-state index in [1.165, 1.54) is 11.3 Å². The largest absolute Gasteiger partial charge is 0.315 e. The van der Waals surface area contributed by atoms with Crippen molar-refractivity contribution < 1.29 is 8.42 Å². The summed E-state index contributed by atoms with van der Waals surface area (Å²) in [6, 6.07) is 2.04. The Labute approximate surface area is 119 Å². The van der Waals surface area contributed by atoms with Crippen LogP contribution in [0.4, 0.5) is 0 Å². The first-order valence-corrected chi connectivity index (χ1v) is 8.69. The minimum absolute atomic E-state index is 0.263. The first-order valence-electron chi connectivity index (χ1n) is 6.37. The number of likely N-dealkylation sites (N-methyl/N-ethyl adjacent to an activating group) is 1. The van der Waals surface area contributed by atoms with Gasteiger partial charge in [-0.25, -0.2) is 8.42 Å². The highest BCUT2D eigenvalue weighted by Crippen LogP contribution is 2.24. The molecule has 1 aliphatic rings. The molecule has 1 N–H and O–H groups in total. The highest BCUT2D eigenvalue weighted by Gasteiger charge is 2.31. The lowest BCUT2D eigenvalue weighted by Gasteiger charge is -2.36. The first-order chi connectivity index (χ1) is 8.95. The van der Waals surface area contributed by atoms with Crippen LogP contribution in [0.2, 0.25) is 0 Å². The van der Waals surface area contributed by atoms with Crippen molar-refractivity contribution in [3.05, 3.63) is 16.3 Å². The highest BCUT2D eigenvalue weighted by atomic mass is 32.2. The number of sulfonamides is 1. The van der Waals surface area contributed by atoms with Crippen molar-refractivity contribution >= 4 is 21.4 Å². The van der Waals surface area contributed by atoms with Crippen LogP contribution in [0.25, 0.3) is 0 Å². The molecule has 1 fully saturated rings. The van der Waals surface area contributed by atoms with Gasteiger partial charge in [0.2, 0.25) is 10.0 Å². The fourth-order valence-electron chi connectivity index (χ4n) is 2.15. The Kier molecular flexibility index (Phi) is 4.62. The molecule has 0 amide bonds. The van der Waals surface area contributed by atoms with Crippen molar-refractivity contribution in [1.82, 2.24) is 14.5 Å². The normalized spacial score (nSPS) is 22.8. The number of nitrogens with one attached hydrogen (secondary N) is 1. The van der Waals surface area contributed by atoms with Crippen molar-refractivity contribution in [3.63, 3.8) is 0 Å². The monoisotopic (exact) mass is 303 g/mol. The van der Waals surface area contributed by atoms with Crippen LogP contribution in [0.5, 0.6) is 0 Å². The summed E-state index contributed by atoms with van der Waals surface area (Å²) in [5.41, 5.74) is 0. The average molecular weight is 303 g/mol. The predicted molar refractivity (Wildman–Crippen MR) is 77.9 cm³/mol. The number of hydrogen-bond donors (Lipinski definition) is 1. The third-order valence-corrected chi connectivity index (χ3v) is 6.47. The molecule has 1 unspecified atom stereocenters. The van der Waals surface area contributed by atoms with E-state index in [9.17, 15) is 8.42 Å². The van der Waals surface area contributed by atoms with Gasteiger partial charge in [-0.1, -0.05) is 0 Å². The van der Waals surface area contributed by atoms with Gasteiger partial charge in [0.15, 0.2) is 0 Å². The van der Waals surface area contributed by atoms with Gasteiger partial charge < -0.3 is 10.2 Å². The maximum absolute atomic E-state index is 12.6. The number of piperazine rings is 1. The average Bonchev–Trinajstić information content (AvgIpc) is 2.82. The van der Waals surface area contributed by atoms with E-state index in [-0.39, 0.29) is 6.04 Å². The summed E-state index contributed by atoms with van der Waals surface area (Å²) in [7, 11) is 0.563. The van der Waals surface area contributed by atoms with E-state index in [1.807, 2.05) is 14.1 Å². The topological polar surface area (TPSA) is 52.7 Å². The molecule has 1 atom stereocenters. The van der Waals surface area contributed by atoms with E-state index in [2.05, 4.69) is 17.1 Å². The Morgan fingerprint density at radius 1 is 1.47 bits per heavy atom. The van der Waals surface area contributed by atoms with E-state index in [4.69, 9.17) is 0 Å². The van der Waals surface area contributed by atoms with Gasteiger partial charge in [-0.15, -0.1) is 11.3 Å². The van der Waals surface area contributed by atoms with E-state index in [1.54, 1.807) is 15.8 Å². The third kappa shape index (κ3) is 3.17. The zero-order valence-corrected chi connectivity index (χ0v) is 13.2. The van der Waals surface area contributed by atoms with Crippen LogP contribution in [0.1, 0.15) is 11.8 Å². The summed E-state index contributed by atoms with van der Waals surface area (Å²) in [5, 5.41) is 4.78. The Morgan fingerprint density at radius 3 is 2.84 bits per heavy atom. The standard InChI is InChI=1S/C12H21N3O2S2/c1-10-8-15(5-4-14(10)3)19(16,17)12-6-11(7-13-2)18-9-12/h6,9-10,13H,4-5,7-8H2,1-3H3. The van der Waals surface area contributed by atoms with Crippen LogP contribution in [0.15, 0.2) is 16.3 Å². The summed E-state index contributed by atoms with van der Waals surface area (Å²) in [5.74, 6) is 0. The van der Waals surface area contributed by atoms with Gasteiger partial charge >= 0.3 is 0 Å². The molecule has 1 aromatic heterocycles. The van der Waals surface area contributed by atoms with Crippen LogP contribution in [-0.2, 0) is 16.6 Å². The first kappa shape index (κ1) is 14.9. The minimum Gasteiger partial charge on any atom is -0.315 e.